The van der Waals surface area contributed by atoms with E-state index >= 15 is 0 Å². The van der Waals surface area contributed by atoms with Crippen molar-refractivity contribution in [3.8, 4) is 0 Å². The highest BCUT2D eigenvalue weighted by atomic mass is 16.5. The number of fused-ring (bicyclic) bond motifs is 1. The summed E-state index contributed by atoms with van der Waals surface area (Å²) in [7, 11) is 0. The van der Waals surface area contributed by atoms with Gasteiger partial charge in [-0.2, -0.15) is 0 Å². The second kappa shape index (κ2) is 13.9. The molecule has 10 heteroatoms. The number of hydrogen-bond acceptors (Lipinski definition) is 6. The molecule has 3 aromatic carbocycles. The summed E-state index contributed by atoms with van der Waals surface area (Å²) in [5.41, 5.74) is 4.59. The quantitative estimate of drug-likeness (QED) is 0.193. The van der Waals surface area contributed by atoms with E-state index in [0.717, 1.165) is 29.4 Å². The SMILES string of the molecule is Cc1ccccc1C(C)COC(=O)Nc1ccc(N2CCCCC2=O)c(CNC(=O)CNc2ccc3cc[nH]c(=O)c3c2)c1. The molecule has 0 radical (unpaired) electrons. The molecular formula is C34H37N5O5. The zero-order chi connectivity index (χ0) is 31.1. The third kappa shape index (κ3) is 7.44. The third-order valence-electron chi connectivity index (χ3n) is 7.83. The number of amides is 3. The van der Waals surface area contributed by atoms with E-state index in [1.165, 1.54) is 0 Å². The summed E-state index contributed by atoms with van der Waals surface area (Å²) < 4.78 is 5.51. The highest BCUT2D eigenvalue weighted by Crippen LogP contribution is 2.28. The van der Waals surface area contributed by atoms with Crippen LogP contribution in [-0.4, -0.2) is 42.6 Å². The van der Waals surface area contributed by atoms with Crippen molar-refractivity contribution in [2.24, 2.45) is 0 Å². The lowest BCUT2D eigenvalue weighted by Crippen LogP contribution is -2.37. The minimum absolute atomic E-state index is 0.0163. The average molecular weight is 596 g/mol. The van der Waals surface area contributed by atoms with Crippen molar-refractivity contribution in [1.29, 1.82) is 0 Å². The molecule has 0 saturated carbocycles. The first-order valence-corrected chi connectivity index (χ1v) is 14.8. The van der Waals surface area contributed by atoms with Crippen molar-refractivity contribution in [1.82, 2.24) is 10.3 Å². The van der Waals surface area contributed by atoms with Gasteiger partial charge in [-0.1, -0.05) is 37.3 Å². The van der Waals surface area contributed by atoms with Crippen LogP contribution in [-0.2, 0) is 20.9 Å². The molecule has 2 heterocycles. The number of aromatic nitrogens is 1. The Morgan fingerprint density at radius 1 is 1.00 bits per heavy atom. The number of pyridine rings is 1. The first kappa shape index (κ1) is 30.3. The maximum absolute atomic E-state index is 12.8. The third-order valence-corrected chi connectivity index (χ3v) is 7.83. The molecule has 1 fully saturated rings. The highest BCUT2D eigenvalue weighted by molar-refractivity contribution is 5.95. The Morgan fingerprint density at radius 2 is 1.82 bits per heavy atom. The Bertz CT molecular complexity index is 1730. The Balaban J connectivity index is 1.23. The van der Waals surface area contributed by atoms with Gasteiger partial charge in [0.05, 0.1) is 13.2 Å². The lowest BCUT2D eigenvalue weighted by Gasteiger charge is -2.29. The van der Waals surface area contributed by atoms with Gasteiger partial charge in [0.2, 0.25) is 11.8 Å². The van der Waals surface area contributed by atoms with Crippen LogP contribution < -0.4 is 26.4 Å². The van der Waals surface area contributed by atoms with Crippen molar-refractivity contribution in [2.45, 2.75) is 45.6 Å². The van der Waals surface area contributed by atoms with Crippen LogP contribution >= 0.6 is 0 Å². The number of aryl methyl sites for hydroxylation is 1. The van der Waals surface area contributed by atoms with Gasteiger partial charge in [0, 0.05) is 54.1 Å². The number of aromatic amines is 1. The molecule has 5 rings (SSSR count). The molecule has 10 nitrogen and oxygen atoms in total. The number of nitrogens with zero attached hydrogens (tertiary/aromatic N) is 1. The average Bonchev–Trinajstić information content (AvgIpc) is 3.02. The molecule has 1 aromatic heterocycles. The Kier molecular flexibility index (Phi) is 9.59. The van der Waals surface area contributed by atoms with Crippen LogP contribution in [0, 0.1) is 6.92 Å². The Labute approximate surface area is 255 Å². The topological polar surface area (TPSA) is 133 Å². The van der Waals surface area contributed by atoms with Crippen LogP contribution in [0.4, 0.5) is 21.9 Å². The van der Waals surface area contributed by atoms with Gasteiger partial charge in [-0.25, -0.2) is 4.79 Å². The molecule has 1 atom stereocenters. The van der Waals surface area contributed by atoms with E-state index < -0.39 is 6.09 Å². The van der Waals surface area contributed by atoms with Crippen LogP contribution in [0.5, 0.6) is 0 Å². The molecule has 4 aromatic rings. The van der Waals surface area contributed by atoms with Crippen LogP contribution in [0.1, 0.15) is 48.8 Å². The summed E-state index contributed by atoms with van der Waals surface area (Å²) in [6, 6.07) is 20.4. The summed E-state index contributed by atoms with van der Waals surface area (Å²) in [6.07, 6.45) is 3.22. The number of ether oxygens (including phenoxy) is 1. The van der Waals surface area contributed by atoms with Gasteiger partial charge in [0.1, 0.15) is 0 Å². The number of H-pyrrole nitrogens is 1. The second-order valence-electron chi connectivity index (χ2n) is 11.1. The van der Waals surface area contributed by atoms with Crippen molar-refractivity contribution in [3.63, 3.8) is 0 Å². The largest absolute Gasteiger partial charge is 0.449 e. The zero-order valence-corrected chi connectivity index (χ0v) is 24.9. The summed E-state index contributed by atoms with van der Waals surface area (Å²) in [5.74, 6) is -0.211. The number of rotatable bonds is 10. The maximum atomic E-state index is 12.8. The fourth-order valence-electron chi connectivity index (χ4n) is 5.44. The standard InChI is InChI=1S/C34H37N5O5/c1-22-7-3-4-8-28(22)23(2)21-44-34(43)38-27-12-13-30(39-16-6-5-9-32(39)41)25(17-27)19-37-31(40)20-36-26-11-10-24-14-15-35-33(42)29(24)18-26/h3-4,7-8,10-15,17-18,23,36H,5-6,9,16,19-21H2,1-2H3,(H,35,42)(H,37,40)(H,38,43). The van der Waals surface area contributed by atoms with Gasteiger partial charge < -0.3 is 25.3 Å². The summed E-state index contributed by atoms with van der Waals surface area (Å²) in [6.45, 7) is 4.98. The summed E-state index contributed by atoms with van der Waals surface area (Å²) in [5, 5.41) is 10.1. The molecule has 228 valence electrons. The zero-order valence-electron chi connectivity index (χ0n) is 24.9. The Hall–Kier alpha value is -5.12. The van der Waals surface area contributed by atoms with Gasteiger partial charge >= 0.3 is 6.09 Å². The normalized spacial score (nSPS) is 13.8. The minimum atomic E-state index is -0.583. The van der Waals surface area contributed by atoms with Gasteiger partial charge in [-0.05, 0) is 78.2 Å². The highest BCUT2D eigenvalue weighted by Gasteiger charge is 2.23. The molecule has 0 aliphatic carbocycles. The maximum Gasteiger partial charge on any atom is 0.411 e. The number of piperidine rings is 1. The van der Waals surface area contributed by atoms with Crippen molar-refractivity contribution >= 4 is 45.7 Å². The van der Waals surface area contributed by atoms with E-state index in [2.05, 4.69) is 20.9 Å². The predicted octanol–water partition coefficient (Wildman–Crippen LogP) is 5.43. The van der Waals surface area contributed by atoms with E-state index in [0.29, 0.717) is 41.0 Å². The van der Waals surface area contributed by atoms with E-state index in [1.54, 1.807) is 35.4 Å². The molecule has 0 bridgehead atoms. The number of hydrogen-bond donors (Lipinski definition) is 4. The first-order chi connectivity index (χ1) is 21.3. The lowest BCUT2D eigenvalue weighted by atomic mass is 9.97. The van der Waals surface area contributed by atoms with Crippen molar-refractivity contribution in [2.75, 3.05) is 35.2 Å². The van der Waals surface area contributed by atoms with Gasteiger partial charge in [-0.3, -0.25) is 19.7 Å². The summed E-state index contributed by atoms with van der Waals surface area (Å²) in [4.78, 5) is 54.7. The van der Waals surface area contributed by atoms with Gasteiger partial charge in [0.25, 0.3) is 5.56 Å². The van der Waals surface area contributed by atoms with E-state index in [-0.39, 0.29) is 43.0 Å². The number of benzene rings is 3. The molecule has 1 aliphatic rings. The molecule has 44 heavy (non-hydrogen) atoms. The lowest BCUT2D eigenvalue weighted by molar-refractivity contribution is -0.120. The minimum Gasteiger partial charge on any atom is -0.449 e. The van der Waals surface area contributed by atoms with Crippen LogP contribution in [0.15, 0.2) is 77.7 Å². The molecule has 1 unspecified atom stereocenters. The summed E-state index contributed by atoms with van der Waals surface area (Å²) >= 11 is 0. The van der Waals surface area contributed by atoms with E-state index in [9.17, 15) is 19.2 Å². The van der Waals surface area contributed by atoms with Crippen LogP contribution in [0.2, 0.25) is 0 Å². The number of anilines is 3. The molecule has 3 amide bonds. The molecule has 1 saturated heterocycles. The van der Waals surface area contributed by atoms with Crippen molar-refractivity contribution in [3.05, 3.63) is 100.0 Å². The van der Waals surface area contributed by atoms with Gasteiger partial charge in [-0.15, -0.1) is 0 Å². The fraction of sp³-hybridized carbons (Fsp3) is 0.294. The predicted molar refractivity (Wildman–Crippen MR) is 172 cm³/mol. The van der Waals surface area contributed by atoms with E-state index in [1.807, 2.05) is 56.3 Å². The second-order valence-corrected chi connectivity index (χ2v) is 11.1. The van der Waals surface area contributed by atoms with Crippen molar-refractivity contribution < 1.29 is 19.1 Å². The fourth-order valence-corrected chi connectivity index (χ4v) is 5.44. The smallest absolute Gasteiger partial charge is 0.411 e. The van der Waals surface area contributed by atoms with Gasteiger partial charge in [0.15, 0.2) is 0 Å². The number of nitrogens with one attached hydrogen (secondary N) is 4. The number of carbonyl (C=O) groups excluding carboxylic acids is 3. The van der Waals surface area contributed by atoms with E-state index in [4.69, 9.17) is 4.74 Å². The number of carbonyl (C=O) groups is 3. The monoisotopic (exact) mass is 595 g/mol. The molecule has 4 N–H and O–H groups in total. The molecule has 0 spiro atoms. The van der Waals surface area contributed by atoms with Crippen LogP contribution in [0.25, 0.3) is 10.8 Å². The molecule has 1 aliphatic heterocycles. The van der Waals surface area contributed by atoms with Crippen LogP contribution in [0.3, 0.4) is 0 Å². The molecular weight excluding hydrogens is 558 g/mol. The Morgan fingerprint density at radius 3 is 2.64 bits per heavy atom. The first-order valence-electron chi connectivity index (χ1n) is 14.8.